The Morgan fingerprint density at radius 1 is 1.14 bits per heavy atom. The highest BCUT2D eigenvalue weighted by Gasteiger charge is 2.29. The Balaban J connectivity index is 0.000000402. The fourth-order valence-electron chi connectivity index (χ4n) is 3.00. The number of benzene rings is 2. The molecule has 0 radical (unpaired) electrons. The van der Waals surface area contributed by atoms with Crippen LogP contribution in [-0.4, -0.2) is 37.2 Å². The molecule has 2 atom stereocenters. The highest BCUT2D eigenvalue weighted by atomic mass is 32.2. The predicted molar refractivity (Wildman–Crippen MR) is 139 cm³/mol. The van der Waals surface area contributed by atoms with Crippen molar-refractivity contribution >= 4 is 41.8 Å². The molecule has 0 aliphatic heterocycles. The van der Waals surface area contributed by atoms with E-state index in [1.165, 1.54) is 18.2 Å². The van der Waals surface area contributed by atoms with Gasteiger partial charge in [0.05, 0.1) is 29.4 Å². The third-order valence-corrected chi connectivity index (χ3v) is 6.03. The molecule has 3 N–H and O–H groups in total. The van der Waals surface area contributed by atoms with E-state index in [1.54, 1.807) is 31.2 Å². The van der Waals surface area contributed by atoms with Crippen molar-refractivity contribution in [3.05, 3.63) is 89.5 Å². The Labute approximate surface area is 214 Å². The number of nitrogens with zero attached hydrogens (tertiary/aromatic N) is 2. The van der Waals surface area contributed by atoms with E-state index in [4.69, 9.17) is 5.73 Å². The Morgan fingerprint density at radius 3 is 2.27 bits per heavy atom. The lowest BCUT2D eigenvalue weighted by molar-refractivity contribution is -0.137. The van der Waals surface area contributed by atoms with Gasteiger partial charge in [-0.25, -0.2) is 17.8 Å². The summed E-state index contributed by atoms with van der Waals surface area (Å²) < 4.78 is 71.8. The summed E-state index contributed by atoms with van der Waals surface area (Å²) >= 11 is 0. The van der Waals surface area contributed by atoms with Crippen LogP contribution in [0.1, 0.15) is 34.6 Å². The monoisotopic (exact) mass is 556 g/mol. The molecule has 1 heterocycles. The minimum absolute atomic E-state index is 0.0522. The molecule has 37 heavy (non-hydrogen) atoms. The second-order valence-electron chi connectivity index (χ2n) is 7.90. The molecule has 198 valence electrons. The summed E-state index contributed by atoms with van der Waals surface area (Å²) in [5.74, 6) is -1.03. The smallest absolute Gasteiger partial charge is 0.388 e. The summed E-state index contributed by atoms with van der Waals surface area (Å²) in [4.78, 5) is 20.2. The maximum absolute atomic E-state index is 12.9. The zero-order valence-corrected chi connectivity index (χ0v) is 21.8. The van der Waals surface area contributed by atoms with Crippen LogP contribution < -0.4 is 16.4 Å². The molecule has 3 rings (SSSR count). The van der Waals surface area contributed by atoms with Gasteiger partial charge in [0.1, 0.15) is 21.3 Å². The third kappa shape index (κ3) is 10.3. The number of rotatable bonds is 6. The summed E-state index contributed by atoms with van der Waals surface area (Å²) in [6.45, 7) is 1.57. The summed E-state index contributed by atoms with van der Waals surface area (Å²) in [5.41, 5.74) is 6.12. The molecule has 7 nitrogen and oxygen atoms in total. The van der Waals surface area contributed by atoms with E-state index in [0.29, 0.717) is 11.3 Å². The molecule has 3 aromatic rings. The van der Waals surface area contributed by atoms with Crippen molar-refractivity contribution in [2.75, 3.05) is 17.3 Å². The first-order valence-corrected chi connectivity index (χ1v) is 13.2. The zero-order chi connectivity index (χ0) is 27.8. The molecule has 1 amide bonds. The molecule has 0 fully saturated rings. The SMILES string of the molecule is CC(N)=NC(CS(C)(=O)=O)c1cc(NC(=O)c2ccc(F)cn2)ccc1P.FC(F)(F)c1ccccc1. The van der Waals surface area contributed by atoms with Crippen LogP contribution in [0.25, 0.3) is 0 Å². The molecule has 0 spiro atoms. The van der Waals surface area contributed by atoms with Gasteiger partial charge in [-0.05, 0) is 42.1 Å². The van der Waals surface area contributed by atoms with Crippen molar-refractivity contribution in [2.45, 2.75) is 19.1 Å². The molecule has 2 unspecified atom stereocenters. The number of amidine groups is 1. The maximum atomic E-state index is 12.9. The van der Waals surface area contributed by atoms with Crippen LogP contribution >= 0.6 is 9.24 Å². The second kappa shape index (κ2) is 12.7. The number of aliphatic imine (C=N–C) groups is 1. The number of anilines is 1. The Morgan fingerprint density at radius 2 is 1.78 bits per heavy atom. The number of carbonyl (C=O) groups is 1. The number of nitrogens with one attached hydrogen (secondary N) is 1. The van der Waals surface area contributed by atoms with E-state index >= 15 is 0 Å². The molecule has 1 aromatic heterocycles. The van der Waals surface area contributed by atoms with Crippen LogP contribution in [0, 0.1) is 5.82 Å². The van der Waals surface area contributed by atoms with Gasteiger partial charge >= 0.3 is 6.18 Å². The fourth-order valence-corrected chi connectivity index (χ4v) is 4.20. The summed E-state index contributed by atoms with van der Waals surface area (Å²) in [6, 6.07) is 13.1. The summed E-state index contributed by atoms with van der Waals surface area (Å²) in [6.07, 6.45) is -2.13. The molecule has 0 aliphatic carbocycles. The Kier molecular flexibility index (Phi) is 10.3. The lowest BCUT2D eigenvalue weighted by Gasteiger charge is -2.17. The van der Waals surface area contributed by atoms with Crippen LogP contribution in [0.5, 0.6) is 0 Å². The topological polar surface area (TPSA) is 115 Å². The first-order valence-electron chi connectivity index (χ1n) is 10.6. The van der Waals surface area contributed by atoms with Crippen LogP contribution in [0.3, 0.4) is 0 Å². The number of pyridine rings is 1. The second-order valence-corrected chi connectivity index (χ2v) is 10.7. The number of amides is 1. The molecule has 2 aromatic carbocycles. The van der Waals surface area contributed by atoms with Crippen LogP contribution in [0.4, 0.5) is 23.2 Å². The standard InChI is InChI=1S/C17H20FN4O3PS.C7H5F3/c1-10(19)21-15(9-27(2,24)25)13-7-12(4-6-16(13)26)22-17(23)14-5-3-11(18)8-20-14;8-7(9,10)6-4-2-1-3-5-6/h3-8,15H,9,26H2,1-2H3,(H2,19,21)(H,22,23);1-5H. The van der Waals surface area contributed by atoms with Crippen LogP contribution in [-0.2, 0) is 16.0 Å². The minimum Gasteiger partial charge on any atom is -0.388 e. The lowest BCUT2D eigenvalue weighted by Crippen LogP contribution is -2.20. The van der Waals surface area contributed by atoms with Crippen molar-refractivity contribution in [1.29, 1.82) is 0 Å². The van der Waals surface area contributed by atoms with Gasteiger partial charge in [-0.2, -0.15) is 13.2 Å². The number of hydrogen-bond donors (Lipinski definition) is 2. The number of sulfone groups is 1. The van der Waals surface area contributed by atoms with E-state index in [2.05, 4.69) is 24.5 Å². The number of alkyl halides is 3. The third-order valence-electron chi connectivity index (χ3n) is 4.58. The molecule has 13 heteroatoms. The quantitative estimate of drug-likeness (QED) is 0.205. The average molecular weight is 557 g/mol. The number of hydrogen-bond acceptors (Lipinski definition) is 5. The van der Waals surface area contributed by atoms with Crippen molar-refractivity contribution in [3.63, 3.8) is 0 Å². The molecule has 0 aliphatic rings. The maximum Gasteiger partial charge on any atom is 0.416 e. The van der Waals surface area contributed by atoms with Gasteiger partial charge in [0.25, 0.3) is 5.91 Å². The Hall–Kier alpha value is -3.37. The molecular formula is C24H25F4N4O3PS. The molecule has 0 saturated carbocycles. The fraction of sp³-hybridized carbons (Fsp3) is 0.208. The molecule has 0 bridgehead atoms. The predicted octanol–water partition coefficient (Wildman–Crippen LogP) is 4.14. The minimum atomic E-state index is -4.21. The van der Waals surface area contributed by atoms with Gasteiger partial charge in [-0.15, -0.1) is 9.24 Å². The molecule has 0 saturated heterocycles. The van der Waals surface area contributed by atoms with E-state index in [1.807, 2.05) is 0 Å². The Bertz CT molecular complexity index is 1350. The van der Waals surface area contributed by atoms with Gasteiger partial charge in [-0.1, -0.05) is 36.4 Å². The number of nitrogens with two attached hydrogens (primary N) is 1. The van der Waals surface area contributed by atoms with E-state index in [9.17, 15) is 30.8 Å². The van der Waals surface area contributed by atoms with Crippen molar-refractivity contribution in [2.24, 2.45) is 10.7 Å². The lowest BCUT2D eigenvalue weighted by atomic mass is 10.1. The van der Waals surface area contributed by atoms with Crippen LogP contribution in [0.2, 0.25) is 0 Å². The van der Waals surface area contributed by atoms with Gasteiger partial charge in [-0.3, -0.25) is 9.79 Å². The van der Waals surface area contributed by atoms with Crippen molar-refractivity contribution in [3.8, 4) is 0 Å². The number of aromatic nitrogens is 1. The normalized spacial score (nSPS) is 12.8. The van der Waals surface area contributed by atoms with Gasteiger partial charge in [0.15, 0.2) is 0 Å². The highest BCUT2D eigenvalue weighted by Crippen LogP contribution is 2.28. The highest BCUT2D eigenvalue weighted by molar-refractivity contribution is 7.90. The summed E-state index contributed by atoms with van der Waals surface area (Å²) in [5, 5.41) is 3.38. The van der Waals surface area contributed by atoms with Crippen molar-refractivity contribution in [1.82, 2.24) is 4.98 Å². The van der Waals surface area contributed by atoms with Crippen molar-refractivity contribution < 1.29 is 30.8 Å². The van der Waals surface area contributed by atoms with E-state index in [-0.39, 0.29) is 17.3 Å². The zero-order valence-electron chi connectivity index (χ0n) is 19.8. The summed E-state index contributed by atoms with van der Waals surface area (Å²) in [7, 11) is -0.811. The molecular weight excluding hydrogens is 531 g/mol. The van der Waals surface area contributed by atoms with E-state index < -0.39 is 39.3 Å². The average Bonchev–Trinajstić information content (AvgIpc) is 2.79. The van der Waals surface area contributed by atoms with Crippen LogP contribution in [0.15, 0.2) is 71.9 Å². The van der Waals surface area contributed by atoms with Gasteiger partial charge in [0.2, 0.25) is 0 Å². The number of halogens is 4. The first kappa shape index (κ1) is 29.9. The largest absolute Gasteiger partial charge is 0.416 e. The first-order chi connectivity index (χ1) is 17.2. The van der Waals surface area contributed by atoms with Gasteiger partial charge < -0.3 is 11.1 Å². The number of carbonyl (C=O) groups excluding carboxylic acids is 1. The van der Waals surface area contributed by atoms with Gasteiger partial charge in [0, 0.05) is 11.9 Å². The van der Waals surface area contributed by atoms with E-state index in [0.717, 1.165) is 36.0 Å².